The summed E-state index contributed by atoms with van der Waals surface area (Å²) in [7, 11) is 0. The molecular weight excluding hydrogens is 408 g/mol. The summed E-state index contributed by atoms with van der Waals surface area (Å²) in [5.41, 5.74) is 6.09. The van der Waals surface area contributed by atoms with Gasteiger partial charge in [-0.3, -0.25) is 14.4 Å². The highest BCUT2D eigenvalue weighted by Gasteiger charge is 2.32. The Balaban J connectivity index is 3.05. The van der Waals surface area contributed by atoms with Gasteiger partial charge in [-0.2, -0.15) is 0 Å². The number of imidazole rings is 1. The van der Waals surface area contributed by atoms with Crippen LogP contribution in [0.15, 0.2) is 12.5 Å². The van der Waals surface area contributed by atoms with E-state index >= 15 is 0 Å². The monoisotopic (exact) mass is 440 g/mol. The van der Waals surface area contributed by atoms with Crippen LogP contribution in [0.2, 0.25) is 0 Å². The molecule has 0 aliphatic carbocycles. The number of carboxylic acids is 1. The predicted octanol–water partition coefficient (Wildman–Crippen LogP) is -1.73. The molecule has 0 aliphatic rings. The summed E-state index contributed by atoms with van der Waals surface area (Å²) in [5, 5.41) is 26.2. The van der Waals surface area contributed by atoms with Gasteiger partial charge < -0.3 is 36.9 Å². The van der Waals surface area contributed by atoms with Gasteiger partial charge in [-0.1, -0.05) is 13.8 Å². The van der Waals surface area contributed by atoms with Crippen LogP contribution in [-0.4, -0.2) is 74.1 Å². The Morgan fingerprint density at radius 3 is 2.06 bits per heavy atom. The van der Waals surface area contributed by atoms with E-state index < -0.39 is 54.0 Å². The fourth-order valence-electron chi connectivity index (χ4n) is 2.75. The van der Waals surface area contributed by atoms with Crippen molar-refractivity contribution in [1.82, 2.24) is 25.9 Å². The number of aliphatic carboxylic acids is 1. The number of carboxylic acid groups (broad SMARTS) is 1. The van der Waals surface area contributed by atoms with E-state index in [1.165, 1.54) is 26.4 Å². The number of hydrogen-bond acceptors (Lipinski definition) is 7. The summed E-state index contributed by atoms with van der Waals surface area (Å²) in [6.45, 7) is 6.44. The summed E-state index contributed by atoms with van der Waals surface area (Å²) >= 11 is 0. The van der Waals surface area contributed by atoms with E-state index in [2.05, 4.69) is 25.9 Å². The van der Waals surface area contributed by atoms with E-state index in [1.54, 1.807) is 0 Å². The lowest BCUT2D eigenvalue weighted by Gasteiger charge is -2.26. The van der Waals surface area contributed by atoms with Crippen molar-refractivity contribution in [1.29, 1.82) is 0 Å². The summed E-state index contributed by atoms with van der Waals surface area (Å²) in [4.78, 5) is 55.6. The van der Waals surface area contributed by atoms with Gasteiger partial charge in [-0.05, 0) is 26.2 Å². The Bertz CT molecular complexity index is 749. The molecule has 31 heavy (non-hydrogen) atoms. The van der Waals surface area contributed by atoms with Crippen LogP contribution in [-0.2, 0) is 25.6 Å². The first-order valence-electron chi connectivity index (χ1n) is 9.97. The maximum Gasteiger partial charge on any atom is 0.328 e. The second-order valence-electron chi connectivity index (χ2n) is 7.89. The van der Waals surface area contributed by atoms with Crippen molar-refractivity contribution in [3.8, 4) is 0 Å². The fourth-order valence-corrected chi connectivity index (χ4v) is 2.75. The fraction of sp³-hybridized carbons (Fsp3) is 0.632. The number of hydrogen-bond donors (Lipinski definition) is 7. The second kappa shape index (κ2) is 12.0. The van der Waals surface area contributed by atoms with Crippen LogP contribution < -0.4 is 21.7 Å². The summed E-state index contributed by atoms with van der Waals surface area (Å²) < 4.78 is 0. The zero-order chi connectivity index (χ0) is 23.7. The van der Waals surface area contributed by atoms with E-state index in [-0.39, 0.29) is 12.3 Å². The molecule has 3 amide bonds. The van der Waals surface area contributed by atoms with Crippen molar-refractivity contribution in [3.63, 3.8) is 0 Å². The van der Waals surface area contributed by atoms with Gasteiger partial charge in [0, 0.05) is 18.3 Å². The summed E-state index contributed by atoms with van der Waals surface area (Å²) in [5.74, 6) is -3.31. The smallest absolute Gasteiger partial charge is 0.328 e. The SMILES string of the molecule is CC(C)CC(NC(=O)C(C)N)C(=O)NC(Cc1cnc[nH]1)C(=O)NC(C(=O)O)C(C)O. The third kappa shape index (κ3) is 8.72. The quantitative estimate of drug-likeness (QED) is 0.199. The lowest BCUT2D eigenvalue weighted by molar-refractivity contribution is -0.145. The molecule has 1 aromatic heterocycles. The molecule has 0 bridgehead atoms. The molecule has 1 heterocycles. The Morgan fingerprint density at radius 2 is 1.61 bits per heavy atom. The molecule has 0 saturated carbocycles. The number of aromatic amines is 1. The third-order valence-electron chi connectivity index (χ3n) is 4.41. The Labute approximate surface area is 180 Å². The molecule has 8 N–H and O–H groups in total. The van der Waals surface area contributed by atoms with Crippen molar-refractivity contribution < 1.29 is 29.4 Å². The molecule has 0 saturated heterocycles. The Morgan fingerprint density at radius 1 is 1.03 bits per heavy atom. The minimum atomic E-state index is -1.56. The first kappa shape index (κ1) is 26.0. The number of aliphatic hydroxyl groups is 1. The van der Waals surface area contributed by atoms with Gasteiger partial charge in [0.05, 0.1) is 18.5 Å². The van der Waals surface area contributed by atoms with Crippen LogP contribution >= 0.6 is 0 Å². The largest absolute Gasteiger partial charge is 0.480 e. The first-order valence-corrected chi connectivity index (χ1v) is 9.97. The Kier molecular flexibility index (Phi) is 10.1. The van der Waals surface area contributed by atoms with E-state index in [1.807, 2.05) is 13.8 Å². The number of aromatic nitrogens is 2. The van der Waals surface area contributed by atoms with Crippen molar-refractivity contribution >= 4 is 23.7 Å². The van der Waals surface area contributed by atoms with Gasteiger partial charge in [-0.15, -0.1) is 0 Å². The number of nitrogens with two attached hydrogens (primary N) is 1. The summed E-state index contributed by atoms with van der Waals surface area (Å²) in [6, 6.07) is -4.51. The minimum Gasteiger partial charge on any atom is -0.480 e. The molecule has 1 rings (SSSR count). The normalized spacial score (nSPS) is 16.0. The third-order valence-corrected chi connectivity index (χ3v) is 4.41. The molecular formula is C19H32N6O6. The lowest BCUT2D eigenvalue weighted by Crippen LogP contribution is -2.58. The highest BCUT2D eigenvalue weighted by molar-refractivity contribution is 5.94. The number of H-pyrrole nitrogens is 1. The van der Waals surface area contributed by atoms with Crippen LogP contribution in [0.5, 0.6) is 0 Å². The zero-order valence-electron chi connectivity index (χ0n) is 18.1. The molecule has 0 spiro atoms. The van der Waals surface area contributed by atoms with E-state index in [9.17, 15) is 29.4 Å². The van der Waals surface area contributed by atoms with Gasteiger partial charge in [0.2, 0.25) is 17.7 Å². The number of carbonyl (C=O) groups excluding carboxylic acids is 3. The van der Waals surface area contributed by atoms with Crippen LogP contribution in [0.3, 0.4) is 0 Å². The molecule has 174 valence electrons. The van der Waals surface area contributed by atoms with Crippen LogP contribution in [0, 0.1) is 5.92 Å². The lowest BCUT2D eigenvalue weighted by atomic mass is 10.0. The molecule has 12 heteroatoms. The van der Waals surface area contributed by atoms with Crippen LogP contribution in [0.25, 0.3) is 0 Å². The highest BCUT2D eigenvalue weighted by atomic mass is 16.4. The predicted molar refractivity (Wildman–Crippen MR) is 111 cm³/mol. The van der Waals surface area contributed by atoms with Gasteiger partial charge in [-0.25, -0.2) is 9.78 Å². The maximum atomic E-state index is 12.9. The summed E-state index contributed by atoms with van der Waals surface area (Å²) in [6.07, 6.45) is 1.78. The molecule has 0 radical (unpaired) electrons. The highest BCUT2D eigenvalue weighted by Crippen LogP contribution is 2.08. The zero-order valence-corrected chi connectivity index (χ0v) is 18.1. The molecule has 1 aromatic rings. The maximum absolute atomic E-state index is 12.9. The van der Waals surface area contributed by atoms with E-state index in [0.29, 0.717) is 12.1 Å². The standard InChI is InChI=1S/C19H32N6O6/c1-9(2)5-13(23-16(27)10(3)20)17(28)24-14(6-12-7-21-8-22-12)18(29)25-15(11(4)26)19(30)31/h7-11,13-15,26H,5-6,20H2,1-4H3,(H,21,22)(H,23,27)(H,24,28)(H,25,29)(H,30,31). The first-order chi connectivity index (χ1) is 14.4. The van der Waals surface area contributed by atoms with Gasteiger partial charge >= 0.3 is 5.97 Å². The van der Waals surface area contributed by atoms with Gasteiger partial charge in [0.15, 0.2) is 6.04 Å². The number of amides is 3. The molecule has 0 aromatic carbocycles. The van der Waals surface area contributed by atoms with E-state index in [4.69, 9.17) is 5.73 Å². The molecule has 5 atom stereocenters. The Hall–Kier alpha value is -2.99. The average Bonchev–Trinajstić information content (AvgIpc) is 3.16. The molecule has 0 aliphatic heterocycles. The average molecular weight is 441 g/mol. The number of rotatable bonds is 12. The molecule has 12 nitrogen and oxygen atoms in total. The second-order valence-corrected chi connectivity index (χ2v) is 7.89. The van der Waals surface area contributed by atoms with Crippen molar-refractivity contribution in [2.45, 2.75) is 70.8 Å². The number of carbonyl (C=O) groups is 4. The molecule has 5 unspecified atom stereocenters. The molecule has 0 fully saturated rings. The number of nitrogens with one attached hydrogen (secondary N) is 4. The number of aliphatic hydroxyl groups excluding tert-OH is 1. The van der Waals surface area contributed by atoms with Crippen molar-refractivity contribution in [3.05, 3.63) is 18.2 Å². The van der Waals surface area contributed by atoms with Crippen molar-refractivity contribution in [2.75, 3.05) is 0 Å². The van der Waals surface area contributed by atoms with Gasteiger partial charge in [0.25, 0.3) is 0 Å². The van der Waals surface area contributed by atoms with E-state index in [0.717, 1.165) is 0 Å². The van der Waals surface area contributed by atoms with Crippen LogP contribution in [0.1, 0.15) is 39.8 Å². The topological polar surface area (TPSA) is 200 Å². The van der Waals surface area contributed by atoms with Crippen molar-refractivity contribution in [2.24, 2.45) is 11.7 Å². The minimum absolute atomic E-state index is 0.0145. The van der Waals surface area contributed by atoms with Gasteiger partial charge in [0.1, 0.15) is 12.1 Å². The van der Waals surface area contributed by atoms with Crippen LogP contribution in [0.4, 0.5) is 0 Å². The number of nitrogens with zero attached hydrogens (tertiary/aromatic N) is 1.